The topological polar surface area (TPSA) is 26.3 Å². The summed E-state index contributed by atoms with van der Waals surface area (Å²) in [6.07, 6.45) is -4.66. The highest BCUT2D eigenvalue weighted by molar-refractivity contribution is 9.09. The molecule has 0 aromatic heterocycles. The number of esters is 1. The van der Waals surface area contributed by atoms with Crippen LogP contribution in [0.1, 0.15) is 23.7 Å². The average Bonchev–Trinajstić information content (AvgIpc) is 2.61. The lowest BCUT2D eigenvalue weighted by Crippen LogP contribution is -2.32. The molecule has 2 nitrogen and oxygen atoms in total. The zero-order chi connectivity index (χ0) is 18.5. The first-order valence-corrected chi connectivity index (χ1v) is 9.12. The Morgan fingerprint density at radius 1 is 1.04 bits per heavy atom. The maximum atomic E-state index is 12.6. The van der Waals surface area contributed by atoms with Crippen LogP contribution in [0.2, 0.25) is 0 Å². The highest BCUT2D eigenvalue weighted by Crippen LogP contribution is 2.41. The molecule has 1 aliphatic carbocycles. The van der Waals surface area contributed by atoms with Gasteiger partial charge in [-0.15, -0.1) is 0 Å². The summed E-state index contributed by atoms with van der Waals surface area (Å²) in [5.41, 5.74) is 1.59. The summed E-state index contributed by atoms with van der Waals surface area (Å²) < 4.78 is 42.8. The van der Waals surface area contributed by atoms with Crippen molar-refractivity contribution in [3.05, 3.63) is 59.7 Å². The van der Waals surface area contributed by atoms with Gasteiger partial charge in [-0.05, 0) is 57.6 Å². The van der Waals surface area contributed by atoms with Crippen LogP contribution in [0.4, 0.5) is 13.2 Å². The largest absolute Gasteiger partial charge is 0.490 e. The second-order valence-electron chi connectivity index (χ2n) is 6.43. The smallest absolute Gasteiger partial charge is 0.450 e. The number of alkyl halides is 4. The van der Waals surface area contributed by atoms with E-state index >= 15 is 0 Å². The highest BCUT2D eigenvalue weighted by atomic mass is 79.9. The minimum atomic E-state index is -5.00. The molecule has 26 heavy (non-hydrogen) atoms. The fraction of sp³-hybridized carbons (Fsp3) is 0.250. The molecule has 0 bridgehead atoms. The molecule has 0 heterocycles. The first-order valence-electron chi connectivity index (χ1n) is 8.21. The fourth-order valence-corrected chi connectivity index (χ4v) is 4.21. The highest BCUT2D eigenvalue weighted by Gasteiger charge is 2.44. The molecule has 0 unspecified atom stereocenters. The van der Waals surface area contributed by atoms with Gasteiger partial charge < -0.3 is 4.74 Å². The molecular formula is C20H14BrF3O2. The maximum Gasteiger partial charge on any atom is 0.490 e. The second-order valence-corrected chi connectivity index (χ2v) is 7.61. The van der Waals surface area contributed by atoms with Gasteiger partial charge in [-0.2, -0.15) is 13.2 Å². The van der Waals surface area contributed by atoms with Crippen LogP contribution < -0.4 is 0 Å². The van der Waals surface area contributed by atoms with E-state index in [-0.39, 0.29) is 4.83 Å². The number of carbonyl (C=O) groups is 1. The maximum absolute atomic E-state index is 12.6. The lowest BCUT2D eigenvalue weighted by atomic mass is 9.85. The molecule has 0 saturated carbocycles. The van der Waals surface area contributed by atoms with Gasteiger partial charge in [0.25, 0.3) is 0 Å². The van der Waals surface area contributed by atoms with Gasteiger partial charge in [-0.1, -0.05) is 52.3 Å². The standard InChI is InChI=1S/C20H14BrF3O2/c21-17-8-7-14-15(18(17)26-19(25)20(22,23)24)6-5-13-9-11-3-1-2-4-12(11)10-16(13)14/h1-6,9-10,17-18H,7-8H2/t17-,18-/m1/s1. The van der Waals surface area contributed by atoms with E-state index in [1.807, 2.05) is 30.3 Å². The van der Waals surface area contributed by atoms with Gasteiger partial charge in [0.1, 0.15) is 6.10 Å². The third-order valence-electron chi connectivity index (χ3n) is 4.80. The van der Waals surface area contributed by atoms with Crippen molar-refractivity contribution in [3.63, 3.8) is 0 Å². The van der Waals surface area contributed by atoms with Gasteiger partial charge in [0.2, 0.25) is 0 Å². The molecule has 0 N–H and O–H groups in total. The molecule has 1 aliphatic rings. The Balaban J connectivity index is 1.84. The SMILES string of the molecule is O=C(O[C@@H]1c2ccc3cc4ccccc4cc3c2CC[C@H]1Br)C(F)(F)F. The van der Waals surface area contributed by atoms with E-state index in [1.165, 1.54) is 0 Å². The number of hydrogen-bond acceptors (Lipinski definition) is 2. The molecule has 0 amide bonds. The molecule has 4 rings (SSSR count). The Morgan fingerprint density at radius 2 is 1.73 bits per heavy atom. The van der Waals surface area contributed by atoms with Crippen molar-refractivity contribution in [2.24, 2.45) is 0 Å². The lowest BCUT2D eigenvalue weighted by molar-refractivity contribution is -0.205. The van der Waals surface area contributed by atoms with E-state index < -0.39 is 18.2 Å². The number of carbonyl (C=O) groups excluding carboxylic acids is 1. The van der Waals surface area contributed by atoms with Crippen molar-refractivity contribution >= 4 is 43.4 Å². The van der Waals surface area contributed by atoms with Gasteiger partial charge in [0, 0.05) is 0 Å². The first-order chi connectivity index (χ1) is 12.3. The van der Waals surface area contributed by atoms with Crippen LogP contribution >= 0.6 is 15.9 Å². The Hall–Kier alpha value is -2.08. The van der Waals surface area contributed by atoms with Crippen LogP contribution in [-0.4, -0.2) is 17.0 Å². The van der Waals surface area contributed by atoms with Crippen molar-refractivity contribution in [3.8, 4) is 0 Å². The summed E-state index contributed by atoms with van der Waals surface area (Å²) in [6, 6.07) is 15.7. The third-order valence-corrected chi connectivity index (χ3v) is 5.74. The quantitative estimate of drug-likeness (QED) is 0.279. The zero-order valence-corrected chi connectivity index (χ0v) is 15.1. The minimum Gasteiger partial charge on any atom is -0.450 e. The fourth-order valence-electron chi connectivity index (χ4n) is 3.59. The van der Waals surface area contributed by atoms with E-state index in [1.54, 1.807) is 6.07 Å². The number of hydrogen-bond donors (Lipinski definition) is 0. The Bertz CT molecular complexity index is 1010. The van der Waals surface area contributed by atoms with Crippen molar-refractivity contribution < 1.29 is 22.7 Å². The molecule has 0 spiro atoms. The van der Waals surface area contributed by atoms with Crippen molar-refractivity contribution in [2.75, 3.05) is 0 Å². The number of ether oxygens (including phenoxy) is 1. The van der Waals surface area contributed by atoms with Gasteiger partial charge in [-0.25, -0.2) is 4.79 Å². The molecule has 0 saturated heterocycles. The molecule has 6 heteroatoms. The molecule has 3 aromatic carbocycles. The van der Waals surface area contributed by atoms with Gasteiger partial charge in [-0.3, -0.25) is 0 Å². The predicted octanol–water partition coefficient (Wildman–Crippen LogP) is 5.85. The lowest BCUT2D eigenvalue weighted by Gasteiger charge is -2.31. The molecule has 0 aliphatic heterocycles. The van der Waals surface area contributed by atoms with Crippen LogP contribution in [0.25, 0.3) is 21.5 Å². The van der Waals surface area contributed by atoms with E-state index in [9.17, 15) is 18.0 Å². The molecule has 0 radical (unpaired) electrons. The average molecular weight is 423 g/mol. The van der Waals surface area contributed by atoms with Gasteiger partial charge >= 0.3 is 12.1 Å². The summed E-state index contributed by atoms with van der Waals surface area (Å²) in [5.74, 6) is -2.15. The molecule has 134 valence electrons. The van der Waals surface area contributed by atoms with Crippen LogP contribution in [-0.2, 0) is 16.0 Å². The van der Waals surface area contributed by atoms with Crippen LogP contribution in [0.15, 0.2) is 48.5 Å². The summed E-state index contributed by atoms with van der Waals surface area (Å²) in [4.78, 5) is 11.0. The summed E-state index contributed by atoms with van der Waals surface area (Å²) in [6.45, 7) is 0. The predicted molar refractivity (Wildman–Crippen MR) is 97.4 cm³/mol. The Kier molecular flexibility index (Phi) is 4.18. The van der Waals surface area contributed by atoms with Crippen LogP contribution in [0.5, 0.6) is 0 Å². The summed E-state index contributed by atoms with van der Waals surface area (Å²) in [5, 5.41) is 4.19. The number of rotatable bonds is 1. The van der Waals surface area contributed by atoms with Gasteiger partial charge in [0.05, 0.1) is 4.83 Å². The molecule has 3 aromatic rings. The molecule has 0 fully saturated rings. The van der Waals surface area contributed by atoms with E-state index in [0.717, 1.165) is 27.1 Å². The van der Waals surface area contributed by atoms with E-state index in [4.69, 9.17) is 4.74 Å². The van der Waals surface area contributed by atoms with Crippen LogP contribution in [0, 0.1) is 0 Å². The van der Waals surface area contributed by atoms with Crippen molar-refractivity contribution in [2.45, 2.75) is 29.9 Å². The van der Waals surface area contributed by atoms with Crippen LogP contribution in [0.3, 0.4) is 0 Å². The molecular weight excluding hydrogens is 409 g/mol. The number of halogens is 4. The normalized spacial score (nSPS) is 20.2. The second kappa shape index (κ2) is 6.27. The number of aryl methyl sites for hydroxylation is 1. The summed E-state index contributed by atoms with van der Waals surface area (Å²) in [7, 11) is 0. The van der Waals surface area contributed by atoms with Gasteiger partial charge in [0.15, 0.2) is 0 Å². The minimum absolute atomic E-state index is 0.348. The van der Waals surface area contributed by atoms with Crippen molar-refractivity contribution in [1.82, 2.24) is 0 Å². The Labute approximate surface area is 156 Å². The first kappa shape index (κ1) is 17.3. The number of benzene rings is 3. The Morgan fingerprint density at radius 3 is 2.42 bits per heavy atom. The zero-order valence-electron chi connectivity index (χ0n) is 13.5. The molecule has 2 atom stereocenters. The van der Waals surface area contributed by atoms with Crippen molar-refractivity contribution in [1.29, 1.82) is 0 Å². The third kappa shape index (κ3) is 2.96. The van der Waals surface area contributed by atoms with E-state index in [2.05, 4.69) is 28.1 Å². The number of fused-ring (bicyclic) bond motifs is 4. The summed E-state index contributed by atoms with van der Waals surface area (Å²) >= 11 is 3.38. The van der Waals surface area contributed by atoms with E-state index in [0.29, 0.717) is 18.4 Å². The monoisotopic (exact) mass is 422 g/mol.